The molecule has 0 fully saturated rings. The Hall–Kier alpha value is -3.27. The third-order valence-corrected chi connectivity index (χ3v) is 3.93. The molecule has 0 aliphatic carbocycles. The summed E-state index contributed by atoms with van der Waals surface area (Å²) in [5, 5.41) is 0. The fraction of sp³-hybridized carbons (Fsp3) is 0. The lowest BCUT2D eigenvalue weighted by molar-refractivity contribution is 1.11. The van der Waals surface area contributed by atoms with E-state index in [1.807, 2.05) is 60.7 Å². The third-order valence-electron chi connectivity index (χ3n) is 3.93. The van der Waals surface area contributed by atoms with Gasteiger partial charge in [-0.1, -0.05) is 84.9 Å². The van der Waals surface area contributed by atoms with E-state index in [2.05, 4.69) is 39.2 Å². The molecule has 0 atom stereocenters. The zero-order chi connectivity index (χ0) is 17.1. The summed E-state index contributed by atoms with van der Waals surface area (Å²) in [5.41, 5.74) is 4.37. The van der Waals surface area contributed by atoms with Gasteiger partial charge in [0.05, 0.1) is 5.72 Å². The maximum absolute atomic E-state index is 5.89. The highest BCUT2D eigenvalue weighted by Gasteiger charge is 2.08. The fourth-order valence-corrected chi connectivity index (χ4v) is 2.68. The summed E-state index contributed by atoms with van der Waals surface area (Å²) in [6.45, 7) is 0. The van der Waals surface area contributed by atoms with Gasteiger partial charge in [0, 0.05) is 11.1 Å². The number of benzene rings is 3. The molecule has 0 N–H and O–H groups in total. The molecule has 0 aliphatic rings. The molecule has 1 heterocycles. The van der Waals surface area contributed by atoms with Crippen molar-refractivity contribution in [3.8, 4) is 33.9 Å². The van der Waals surface area contributed by atoms with Crippen LogP contribution in [0.15, 0.2) is 84.9 Å². The Morgan fingerprint density at radius 3 is 1.40 bits per heavy atom. The lowest BCUT2D eigenvalue weighted by atomic mass is 10.0. The van der Waals surface area contributed by atoms with E-state index in [0.717, 1.165) is 16.7 Å². The summed E-state index contributed by atoms with van der Waals surface area (Å²) in [6.07, 6.45) is 0. The largest absolute Gasteiger partial charge is 0.225 e. The summed E-state index contributed by atoms with van der Waals surface area (Å²) < 4.78 is 0. The Balaban J connectivity index is 1.71. The van der Waals surface area contributed by atoms with Gasteiger partial charge in [-0.25, -0.2) is 15.0 Å². The molecule has 3 nitrogen and oxygen atoms in total. The minimum atomic E-state index is 0.219. The molecule has 4 rings (SSSR count). The van der Waals surface area contributed by atoms with Crippen molar-refractivity contribution < 1.29 is 0 Å². The normalized spacial score (nSPS) is 10.6. The molecule has 0 saturated heterocycles. The summed E-state index contributed by atoms with van der Waals surface area (Å²) in [4.78, 5) is 13.1. The van der Waals surface area contributed by atoms with Crippen LogP contribution < -0.4 is 5.72 Å². The van der Waals surface area contributed by atoms with Gasteiger partial charge in [0.15, 0.2) is 19.5 Å². The maximum Gasteiger partial charge on any atom is 0.170 e. The number of hydrogen-bond acceptors (Lipinski definition) is 3. The molecule has 0 aliphatic heterocycles. The second kappa shape index (κ2) is 6.69. The van der Waals surface area contributed by atoms with Crippen LogP contribution in [0.3, 0.4) is 0 Å². The van der Waals surface area contributed by atoms with E-state index in [0.29, 0.717) is 11.6 Å². The highest BCUT2D eigenvalue weighted by Crippen LogP contribution is 2.23. The molecule has 25 heavy (non-hydrogen) atoms. The van der Waals surface area contributed by atoms with Crippen molar-refractivity contribution in [3.05, 3.63) is 84.9 Å². The van der Waals surface area contributed by atoms with Crippen molar-refractivity contribution in [1.82, 2.24) is 15.0 Å². The Morgan fingerprint density at radius 1 is 0.440 bits per heavy atom. The molecule has 0 unspecified atom stereocenters. The summed E-state index contributed by atoms with van der Waals surface area (Å²) in [6, 6.07) is 28.1. The van der Waals surface area contributed by atoms with Crippen molar-refractivity contribution in [2.75, 3.05) is 0 Å². The first-order valence-electron chi connectivity index (χ1n) is 8.02. The van der Waals surface area contributed by atoms with Crippen LogP contribution in [-0.2, 0) is 0 Å². The summed E-state index contributed by atoms with van der Waals surface area (Å²) >= 11 is 0. The van der Waals surface area contributed by atoms with Crippen LogP contribution in [0.1, 0.15) is 0 Å². The zero-order valence-electron chi connectivity index (χ0n) is 13.5. The van der Waals surface area contributed by atoms with Gasteiger partial charge in [-0.15, -0.1) is 0 Å². The lowest BCUT2D eigenvalue weighted by Crippen LogP contribution is -2.16. The minimum absolute atomic E-state index is 0.219. The molecule has 3 aromatic carbocycles. The van der Waals surface area contributed by atoms with Crippen LogP contribution in [0, 0.1) is 0 Å². The molecule has 116 valence electrons. The van der Waals surface area contributed by atoms with Crippen LogP contribution in [-0.4, -0.2) is 22.8 Å². The predicted octanol–water partition coefficient (Wildman–Crippen LogP) is 3.67. The monoisotopic (exact) mass is 319 g/mol. The van der Waals surface area contributed by atoms with Crippen LogP contribution in [0.2, 0.25) is 0 Å². The van der Waals surface area contributed by atoms with Crippen molar-refractivity contribution in [3.63, 3.8) is 0 Å². The topological polar surface area (TPSA) is 38.7 Å². The maximum atomic E-state index is 5.89. The van der Waals surface area contributed by atoms with E-state index in [-0.39, 0.29) is 5.72 Å². The number of hydrogen-bond donors (Lipinski definition) is 0. The Labute approximate surface area is 147 Å². The Kier molecular flexibility index (Phi) is 4.09. The van der Waals surface area contributed by atoms with Crippen LogP contribution in [0.4, 0.5) is 0 Å². The SMILES string of the molecule is [B]c1nc(-c2ccccc2)nc(-c2ccc(-c3ccccc3)cc2)n1. The van der Waals surface area contributed by atoms with Gasteiger partial charge in [0.25, 0.3) is 0 Å². The van der Waals surface area contributed by atoms with Gasteiger partial charge in [-0.2, -0.15) is 0 Å². The summed E-state index contributed by atoms with van der Waals surface area (Å²) in [7, 11) is 5.89. The van der Waals surface area contributed by atoms with Gasteiger partial charge >= 0.3 is 0 Å². The van der Waals surface area contributed by atoms with Crippen LogP contribution in [0.5, 0.6) is 0 Å². The van der Waals surface area contributed by atoms with E-state index in [1.54, 1.807) is 0 Å². The molecule has 0 spiro atoms. The molecular weight excluding hydrogens is 305 g/mol. The van der Waals surface area contributed by atoms with E-state index < -0.39 is 0 Å². The smallest absolute Gasteiger partial charge is 0.170 e. The van der Waals surface area contributed by atoms with Crippen molar-refractivity contribution in [2.24, 2.45) is 0 Å². The van der Waals surface area contributed by atoms with Crippen molar-refractivity contribution in [2.45, 2.75) is 0 Å². The highest BCUT2D eigenvalue weighted by atomic mass is 15.0. The van der Waals surface area contributed by atoms with Gasteiger partial charge in [0.2, 0.25) is 0 Å². The second-order valence-electron chi connectivity index (χ2n) is 5.65. The van der Waals surface area contributed by atoms with E-state index in [9.17, 15) is 0 Å². The molecule has 0 bridgehead atoms. The molecule has 4 heteroatoms. The first kappa shape index (κ1) is 15.3. The molecule has 1 aromatic heterocycles. The van der Waals surface area contributed by atoms with Crippen molar-refractivity contribution in [1.29, 1.82) is 0 Å². The van der Waals surface area contributed by atoms with Gasteiger partial charge < -0.3 is 0 Å². The van der Waals surface area contributed by atoms with Gasteiger partial charge in [-0.05, 0) is 11.1 Å². The fourth-order valence-electron chi connectivity index (χ4n) is 2.68. The Morgan fingerprint density at radius 2 is 0.840 bits per heavy atom. The van der Waals surface area contributed by atoms with E-state index in [1.165, 1.54) is 5.56 Å². The minimum Gasteiger partial charge on any atom is -0.225 e. The molecule has 4 aromatic rings. The molecule has 0 saturated carbocycles. The second-order valence-corrected chi connectivity index (χ2v) is 5.65. The summed E-state index contributed by atoms with van der Waals surface area (Å²) in [5.74, 6) is 1.15. The third kappa shape index (κ3) is 3.33. The van der Waals surface area contributed by atoms with Crippen LogP contribution in [0.25, 0.3) is 33.9 Å². The van der Waals surface area contributed by atoms with Gasteiger partial charge in [-0.3, -0.25) is 0 Å². The van der Waals surface area contributed by atoms with E-state index in [4.69, 9.17) is 7.85 Å². The quantitative estimate of drug-likeness (QED) is 0.541. The standard InChI is InChI=1S/C21H14BN3/c22-21-24-19(17-9-5-2-6-10-17)23-20(25-21)18-13-11-16(12-14-18)15-7-3-1-4-8-15/h1-14H. The average Bonchev–Trinajstić information content (AvgIpc) is 2.69. The van der Waals surface area contributed by atoms with Crippen molar-refractivity contribution >= 4 is 13.6 Å². The van der Waals surface area contributed by atoms with Gasteiger partial charge in [0.1, 0.15) is 0 Å². The molecule has 0 amide bonds. The zero-order valence-corrected chi connectivity index (χ0v) is 13.5. The number of nitrogens with zero attached hydrogens (tertiary/aromatic N) is 3. The first-order chi connectivity index (χ1) is 12.3. The lowest BCUT2D eigenvalue weighted by Gasteiger charge is -2.07. The molecular formula is C21H14BN3. The average molecular weight is 319 g/mol. The van der Waals surface area contributed by atoms with E-state index >= 15 is 0 Å². The highest BCUT2D eigenvalue weighted by molar-refractivity contribution is 6.29. The Bertz CT molecular complexity index is 985. The van der Waals surface area contributed by atoms with Crippen LogP contribution >= 0.6 is 0 Å². The predicted molar refractivity (Wildman–Crippen MR) is 102 cm³/mol. The number of aromatic nitrogens is 3. The number of rotatable bonds is 3. The molecule has 2 radical (unpaired) electrons. The first-order valence-corrected chi connectivity index (χ1v) is 8.02.